The lowest BCUT2D eigenvalue weighted by molar-refractivity contribution is 0.0732. The molecule has 3 aromatic rings. The van der Waals surface area contributed by atoms with Crippen LogP contribution in [0.2, 0.25) is 0 Å². The van der Waals surface area contributed by atoms with Crippen molar-refractivity contribution in [3.63, 3.8) is 0 Å². The van der Waals surface area contributed by atoms with Crippen molar-refractivity contribution in [3.05, 3.63) is 101 Å². The van der Waals surface area contributed by atoms with E-state index in [9.17, 15) is 13.6 Å². The van der Waals surface area contributed by atoms with Crippen molar-refractivity contribution in [2.45, 2.75) is 25.3 Å². The number of nitrogens with zero attached hydrogens (tertiary/aromatic N) is 2. The van der Waals surface area contributed by atoms with Gasteiger partial charge in [0.25, 0.3) is 5.91 Å². The third kappa shape index (κ3) is 3.93. The van der Waals surface area contributed by atoms with Gasteiger partial charge in [-0.25, -0.2) is 8.78 Å². The molecule has 0 saturated carbocycles. The van der Waals surface area contributed by atoms with Crippen LogP contribution in [0.4, 0.5) is 8.78 Å². The number of halogens is 2. The Bertz CT molecular complexity index is 971. The molecule has 1 aromatic heterocycles. The van der Waals surface area contributed by atoms with E-state index in [2.05, 4.69) is 0 Å². The zero-order valence-electron chi connectivity index (χ0n) is 15.3. The average molecular weight is 378 g/mol. The van der Waals surface area contributed by atoms with Gasteiger partial charge in [0.15, 0.2) is 0 Å². The molecule has 0 N–H and O–H groups in total. The molecule has 28 heavy (non-hydrogen) atoms. The van der Waals surface area contributed by atoms with Gasteiger partial charge in [-0.1, -0.05) is 18.2 Å². The van der Waals surface area contributed by atoms with Crippen LogP contribution in [0.25, 0.3) is 0 Å². The van der Waals surface area contributed by atoms with Crippen molar-refractivity contribution in [2.24, 2.45) is 0 Å². The second-order valence-corrected chi connectivity index (χ2v) is 7.02. The molecule has 1 aliphatic rings. The van der Waals surface area contributed by atoms with Crippen molar-refractivity contribution in [1.29, 1.82) is 0 Å². The number of benzene rings is 2. The number of hydrogen-bond donors (Lipinski definition) is 0. The summed E-state index contributed by atoms with van der Waals surface area (Å²) in [6.45, 7) is 0.657. The van der Waals surface area contributed by atoms with Crippen molar-refractivity contribution >= 4 is 5.91 Å². The van der Waals surface area contributed by atoms with E-state index < -0.39 is 0 Å². The van der Waals surface area contributed by atoms with Crippen molar-refractivity contribution < 1.29 is 13.6 Å². The lowest BCUT2D eigenvalue weighted by atomic mass is 10.1. The molecule has 1 amide bonds. The minimum Gasteiger partial charge on any atom is -0.330 e. The van der Waals surface area contributed by atoms with E-state index in [-0.39, 0.29) is 23.6 Å². The fourth-order valence-electron chi connectivity index (χ4n) is 3.67. The fraction of sp³-hybridized carbons (Fsp3) is 0.217. The zero-order valence-corrected chi connectivity index (χ0v) is 15.3. The van der Waals surface area contributed by atoms with Gasteiger partial charge < -0.3 is 4.90 Å². The van der Waals surface area contributed by atoms with Gasteiger partial charge >= 0.3 is 0 Å². The molecule has 0 aliphatic carbocycles. The molecule has 1 saturated heterocycles. The summed E-state index contributed by atoms with van der Waals surface area (Å²) in [5.74, 6) is -0.718. The van der Waals surface area contributed by atoms with Gasteiger partial charge in [-0.2, -0.15) is 0 Å². The predicted molar refractivity (Wildman–Crippen MR) is 103 cm³/mol. The quantitative estimate of drug-likeness (QED) is 0.645. The molecule has 2 heterocycles. The molecular weight excluding hydrogens is 358 g/mol. The Morgan fingerprint density at radius 3 is 2.36 bits per heavy atom. The molecule has 4 rings (SSSR count). The molecule has 1 aliphatic heterocycles. The van der Waals surface area contributed by atoms with Crippen molar-refractivity contribution in [3.8, 4) is 0 Å². The Morgan fingerprint density at radius 2 is 1.64 bits per heavy atom. The lowest BCUT2D eigenvalue weighted by Gasteiger charge is -2.25. The molecule has 1 fully saturated rings. The van der Waals surface area contributed by atoms with E-state index in [1.165, 1.54) is 36.4 Å². The molecule has 0 bridgehead atoms. The van der Waals surface area contributed by atoms with Gasteiger partial charge in [0.2, 0.25) is 0 Å². The van der Waals surface area contributed by atoms with Gasteiger partial charge in [-0.3, -0.25) is 9.78 Å². The largest absolute Gasteiger partial charge is 0.330 e. The average Bonchev–Trinajstić information content (AvgIpc) is 3.20. The molecule has 2 aromatic carbocycles. The summed E-state index contributed by atoms with van der Waals surface area (Å²) in [5, 5.41) is 0. The van der Waals surface area contributed by atoms with Crippen molar-refractivity contribution in [2.75, 3.05) is 6.54 Å². The Balaban J connectivity index is 1.55. The van der Waals surface area contributed by atoms with E-state index in [0.717, 1.165) is 29.8 Å². The fourth-order valence-corrected chi connectivity index (χ4v) is 3.67. The smallest absolute Gasteiger partial charge is 0.254 e. The molecule has 142 valence electrons. The third-order valence-corrected chi connectivity index (χ3v) is 5.07. The molecule has 3 nitrogen and oxygen atoms in total. The van der Waals surface area contributed by atoms with Crippen LogP contribution >= 0.6 is 0 Å². The number of aromatic nitrogens is 1. The van der Waals surface area contributed by atoms with Crippen LogP contribution in [0, 0.1) is 11.6 Å². The highest BCUT2D eigenvalue weighted by atomic mass is 19.1. The molecule has 0 spiro atoms. The number of carbonyl (C=O) groups excluding carboxylic acids is 1. The monoisotopic (exact) mass is 378 g/mol. The van der Waals surface area contributed by atoms with Gasteiger partial charge in [0.05, 0.1) is 11.7 Å². The second-order valence-electron chi connectivity index (χ2n) is 7.02. The number of carbonyl (C=O) groups is 1. The zero-order chi connectivity index (χ0) is 19.5. The first-order chi connectivity index (χ1) is 13.6. The van der Waals surface area contributed by atoms with Crippen LogP contribution < -0.4 is 0 Å². The highest BCUT2D eigenvalue weighted by molar-refractivity contribution is 5.94. The Labute approximate surface area is 162 Å². The first kappa shape index (κ1) is 18.3. The minimum atomic E-state index is -0.357. The second kappa shape index (κ2) is 7.89. The number of likely N-dealkylation sites (tertiary alicyclic amines) is 1. The van der Waals surface area contributed by atoms with Gasteiger partial charge in [0, 0.05) is 24.2 Å². The molecule has 0 radical (unpaired) electrons. The number of amides is 1. The number of pyridine rings is 1. The third-order valence-electron chi connectivity index (χ3n) is 5.07. The number of hydrogen-bond acceptors (Lipinski definition) is 2. The molecule has 1 atom stereocenters. The standard InChI is InChI=1S/C23H20F2N2O/c24-18-10-6-16(7-11-18)15-20-3-1-4-21(26-20)22-5-2-14-27(22)23(28)17-8-12-19(25)13-9-17/h1,3-4,6-13,22H,2,5,14-15H2. The van der Waals surface area contributed by atoms with Crippen LogP contribution in [-0.2, 0) is 6.42 Å². The summed E-state index contributed by atoms with van der Waals surface area (Å²) in [7, 11) is 0. The van der Waals surface area contributed by atoms with E-state index in [0.29, 0.717) is 18.5 Å². The number of rotatable bonds is 4. The lowest BCUT2D eigenvalue weighted by Crippen LogP contribution is -2.31. The van der Waals surface area contributed by atoms with E-state index in [1.807, 2.05) is 23.1 Å². The summed E-state index contributed by atoms with van der Waals surface area (Å²) in [5.41, 5.74) is 3.20. The van der Waals surface area contributed by atoms with E-state index in [4.69, 9.17) is 4.98 Å². The van der Waals surface area contributed by atoms with Gasteiger partial charge in [0.1, 0.15) is 11.6 Å². The van der Waals surface area contributed by atoms with Crippen LogP contribution in [0.15, 0.2) is 66.7 Å². The highest BCUT2D eigenvalue weighted by Gasteiger charge is 2.31. The minimum absolute atomic E-state index is 0.0919. The first-order valence-corrected chi connectivity index (χ1v) is 9.37. The predicted octanol–water partition coefficient (Wildman–Crippen LogP) is 4.93. The van der Waals surface area contributed by atoms with Crippen LogP contribution in [0.3, 0.4) is 0 Å². The topological polar surface area (TPSA) is 33.2 Å². The molecule has 1 unspecified atom stereocenters. The summed E-state index contributed by atoms with van der Waals surface area (Å²) in [4.78, 5) is 19.5. The molecule has 5 heteroatoms. The van der Waals surface area contributed by atoms with Gasteiger partial charge in [-0.05, 0) is 66.9 Å². The molecular formula is C23H20F2N2O. The Morgan fingerprint density at radius 1 is 0.964 bits per heavy atom. The highest BCUT2D eigenvalue weighted by Crippen LogP contribution is 2.32. The Kier molecular flexibility index (Phi) is 5.15. The van der Waals surface area contributed by atoms with Crippen molar-refractivity contribution in [1.82, 2.24) is 9.88 Å². The summed E-state index contributed by atoms with van der Waals surface area (Å²) in [6, 6.07) is 17.8. The normalized spacial score (nSPS) is 16.4. The van der Waals surface area contributed by atoms with Crippen LogP contribution in [0.5, 0.6) is 0 Å². The van der Waals surface area contributed by atoms with E-state index in [1.54, 1.807) is 12.1 Å². The maximum atomic E-state index is 13.2. The van der Waals surface area contributed by atoms with E-state index >= 15 is 0 Å². The summed E-state index contributed by atoms with van der Waals surface area (Å²) in [6.07, 6.45) is 2.36. The van der Waals surface area contributed by atoms with Crippen LogP contribution in [0.1, 0.15) is 46.2 Å². The van der Waals surface area contributed by atoms with Crippen LogP contribution in [-0.4, -0.2) is 22.3 Å². The SMILES string of the molecule is O=C(c1ccc(F)cc1)N1CCCC1c1cccc(Cc2ccc(F)cc2)n1. The maximum Gasteiger partial charge on any atom is 0.254 e. The first-order valence-electron chi connectivity index (χ1n) is 9.37. The summed E-state index contributed by atoms with van der Waals surface area (Å²) >= 11 is 0. The van der Waals surface area contributed by atoms with Gasteiger partial charge in [-0.15, -0.1) is 0 Å². The maximum absolute atomic E-state index is 13.2. The Hall–Kier alpha value is -3.08. The summed E-state index contributed by atoms with van der Waals surface area (Å²) < 4.78 is 26.3.